The molecule has 0 heterocycles. The van der Waals surface area contributed by atoms with E-state index in [1.165, 1.54) is 0 Å². The van der Waals surface area contributed by atoms with Gasteiger partial charge in [0, 0.05) is 5.02 Å². The van der Waals surface area contributed by atoms with Gasteiger partial charge in [-0.25, -0.2) is 9.18 Å². The Hall–Kier alpha value is -1.62. The molecule has 0 bridgehead atoms. The Balaban J connectivity index is 2.14. The molecule has 1 amide bonds. The van der Waals surface area contributed by atoms with Crippen molar-refractivity contribution in [2.75, 3.05) is 6.67 Å². The Bertz CT molecular complexity index is 499. The molecular formula is C13H13ClFNO3. The highest BCUT2D eigenvalue weighted by Crippen LogP contribution is 2.48. The predicted octanol–water partition coefficient (Wildman–Crippen LogP) is 1.91. The zero-order chi connectivity index (χ0) is 14.0. The minimum Gasteiger partial charge on any atom is -0.480 e. The smallest absolute Gasteiger partial charge is 0.328 e. The lowest BCUT2D eigenvalue weighted by Crippen LogP contribution is -2.46. The van der Waals surface area contributed by atoms with Gasteiger partial charge in [-0.2, -0.15) is 0 Å². The van der Waals surface area contributed by atoms with Crippen molar-refractivity contribution in [3.63, 3.8) is 0 Å². The van der Waals surface area contributed by atoms with E-state index in [2.05, 4.69) is 5.32 Å². The zero-order valence-corrected chi connectivity index (χ0v) is 10.8. The first kappa shape index (κ1) is 13.8. The van der Waals surface area contributed by atoms with Crippen LogP contribution in [0.4, 0.5) is 4.39 Å². The number of carbonyl (C=O) groups is 2. The van der Waals surface area contributed by atoms with Crippen molar-refractivity contribution >= 4 is 23.5 Å². The zero-order valence-electron chi connectivity index (χ0n) is 10.0. The number of carbonyl (C=O) groups excluding carboxylic acids is 1. The van der Waals surface area contributed by atoms with Gasteiger partial charge >= 0.3 is 5.97 Å². The molecular weight excluding hydrogens is 273 g/mol. The molecule has 1 aliphatic carbocycles. The molecule has 2 N–H and O–H groups in total. The topological polar surface area (TPSA) is 66.4 Å². The van der Waals surface area contributed by atoms with E-state index in [9.17, 15) is 14.0 Å². The average Bonchev–Trinajstić information content (AvgIpc) is 3.17. The van der Waals surface area contributed by atoms with E-state index >= 15 is 0 Å². The summed E-state index contributed by atoms with van der Waals surface area (Å²) in [6, 6.07) is 5.33. The Morgan fingerprint density at radius 2 is 1.95 bits per heavy atom. The maximum atomic E-state index is 12.5. The molecule has 1 aromatic carbocycles. The third kappa shape index (κ3) is 2.71. The summed E-state index contributed by atoms with van der Waals surface area (Å²) in [4.78, 5) is 22.8. The van der Waals surface area contributed by atoms with E-state index in [-0.39, 0.29) is 0 Å². The molecule has 1 aromatic rings. The van der Waals surface area contributed by atoms with Crippen LogP contribution in [-0.2, 0) is 15.0 Å². The van der Waals surface area contributed by atoms with Crippen molar-refractivity contribution in [1.82, 2.24) is 5.32 Å². The monoisotopic (exact) mass is 285 g/mol. The van der Waals surface area contributed by atoms with Crippen LogP contribution >= 0.6 is 11.6 Å². The van der Waals surface area contributed by atoms with Gasteiger partial charge in [-0.3, -0.25) is 4.79 Å². The van der Waals surface area contributed by atoms with Crippen LogP contribution in [0.5, 0.6) is 0 Å². The molecule has 0 aromatic heterocycles. The SMILES string of the molecule is O=C(O)C(CF)NC(=O)C1(c2ccc(Cl)cc2)CC1. The number of carboxylic acids is 1. The van der Waals surface area contributed by atoms with Gasteiger partial charge in [-0.15, -0.1) is 0 Å². The highest BCUT2D eigenvalue weighted by molar-refractivity contribution is 6.30. The minimum absolute atomic E-state index is 0.445. The van der Waals surface area contributed by atoms with Gasteiger partial charge in [-0.05, 0) is 30.5 Å². The molecule has 1 atom stereocenters. The number of halogens is 2. The maximum Gasteiger partial charge on any atom is 0.328 e. The second-order valence-electron chi connectivity index (χ2n) is 4.61. The Labute approximate surface area is 114 Å². The second-order valence-corrected chi connectivity index (χ2v) is 5.04. The van der Waals surface area contributed by atoms with E-state index < -0.39 is 30.0 Å². The molecule has 0 saturated heterocycles. The first-order valence-electron chi connectivity index (χ1n) is 5.85. The van der Waals surface area contributed by atoms with Crippen molar-refractivity contribution < 1.29 is 19.1 Å². The van der Waals surface area contributed by atoms with Crippen LogP contribution in [0.3, 0.4) is 0 Å². The van der Waals surface area contributed by atoms with E-state index in [1.54, 1.807) is 24.3 Å². The van der Waals surface area contributed by atoms with E-state index in [0.29, 0.717) is 17.9 Å². The second kappa shape index (κ2) is 5.17. The van der Waals surface area contributed by atoms with Gasteiger partial charge in [0.2, 0.25) is 5.91 Å². The first-order chi connectivity index (χ1) is 8.99. The number of benzene rings is 1. The summed E-state index contributed by atoms with van der Waals surface area (Å²) >= 11 is 5.78. The number of hydrogen-bond acceptors (Lipinski definition) is 2. The van der Waals surface area contributed by atoms with E-state index in [4.69, 9.17) is 16.7 Å². The predicted molar refractivity (Wildman–Crippen MR) is 67.9 cm³/mol. The normalized spacial score (nSPS) is 17.6. The van der Waals surface area contributed by atoms with Gasteiger partial charge in [-0.1, -0.05) is 23.7 Å². The molecule has 0 spiro atoms. The molecule has 102 valence electrons. The quantitative estimate of drug-likeness (QED) is 0.868. The van der Waals surface area contributed by atoms with Crippen LogP contribution in [0.1, 0.15) is 18.4 Å². The molecule has 2 rings (SSSR count). The highest BCUT2D eigenvalue weighted by atomic mass is 35.5. The van der Waals surface area contributed by atoms with Crippen LogP contribution in [-0.4, -0.2) is 29.7 Å². The molecule has 1 saturated carbocycles. The lowest BCUT2D eigenvalue weighted by Gasteiger charge is -2.18. The Morgan fingerprint density at radius 1 is 1.37 bits per heavy atom. The highest BCUT2D eigenvalue weighted by Gasteiger charge is 2.51. The lowest BCUT2D eigenvalue weighted by atomic mass is 9.95. The summed E-state index contributed by atoms with van der Waals surface area (Å²) in [6.07, 6.45) is 1.25. The molecule has 1 fully saturated rings. The van der Waals surface area contributed by atoms with Gasteiger partial charge in [0.05, 0.1) is 5.41 Å². The fourth-order valence-electron chi connectivity index (χ4n) is 2.00. The maximum absolute atomic E-state index is 12.5. The van der Waals surface area contributed by atoms with Crippen LogP contribution < -0.4 is 5.32 Å². The molecule has 6 heteroatoms. The van der Waals surface area contributed by atoms with Crippen molar-refractivity contribution in [3.05, 3.63) is 34.9 Å². The number of rotatable bonds is 5. The summed E-state index contributed by atoms with van der Waals surface area (Å²) in [6.45, 7) is -1.13. The number of carboxylic acid groups (broad SMARTS) is 1. The molecule has 4 nitrogen and oxygen atoms in total. The summed E-state index contributed by atoms with van der Waals surface area (Å²) < 4.78 is 12.5. The summed E-state index contributed by atoms with van der Waals surface area (Å²) in [5.74, 6) is -1.82. The van der Waals surface area contributed by atoms with Crippen LogP contribution in [0.15, 0.2) is 24.3 Å². The van der Waals surface area contributed by atoms with Crippen molar-refractivity contribution in [2.45, 2.75) is 24.3 Å². The van der Waals surface area contributed by atoms with Crippen LogP contribution in [0.2, 0.25) is 5.02 Å². The minimum atomic E-state index is -1.49. The molecule has 1 unspecified atom stereocenters. The van der Waals surface area contributed by atoms with Crippen LogP contribution in [0.25, 0.3) is 0 Å². The molecule has 0 aliphatic heterocycles. The largest absolute Gasteiger partial charge is 0.480 e. The summed E-state index contributed by atoms with van der Waals surface area (Å²) in [5, 5.41) is 11.5. The molecule has 1 aliphatic rings. The first-order valence-corrected chi connectivity index (χ1v) is 6.23. The number of alkyl halides is 1. The van der Waals surface area contributed by atoms with Gasteiger partial charge < -0.3 is 10.4 Å². The van der Waals surface area contributed by atoms with Crippen LogP contribution in [0, 0.1) is 0 Å². The fourth-order valence-corrected chi connectivity index (χ4v) is 2.13. The van der Waals surface area contributed by atoms with Crippen molar-refractivity contribution in [1.29, 1.82) is 0 Å². The fraction of sp³-hybridized carbons (Fsp3) is 0.385. The summed E-state index contributed by atoms with van der Waals surface area (Å²) in [5.41, 5.74) is 0.0467. The number of amides is 1. The lowest BCUT2D eigenvalue weighted by molar-refractivity contribution is -0.142. The van der Waals surface area contributed by atoms with Gasteiger partial charge in [0.15, 0.2) is 6.04 Å². The van der Waals surface area contributed by atoms with Gasteiger partial charge in [0.1, 0.15) is 6.67 Å². The Kier molecular flexibility index (Phi) is 3.75. The standard InChI is InChI=1S/C13H13ClFNO3/c14-9-3-1-8(2-4-9)13(5-6-13)12(19)16-10(7-15)11(17)18/h1-4,10H,5-7H2,(H,16,19)(H,17,18). The van der Waals surface area contributed by atoms with Gasteiger partial charge in [0.25, 0.3) is 0 Å². The third-order valence-electron chi connectivity index (χ3n) is 3.34. The van der Waals surface area contributed by atoms with E-state index in [1.807, 2.05) is 0 Å². The number of aliphatic carboxylic acids is 1. The average molecular weight is 286 g/mol. The number of nitrogens with one attached hydrogen (secondary N) is 1. The summed E-state index contributed by atoms with van der Waals surface area (Å²) in [7, 11) is 0. The van der Waals surface area contributed by atoms with Crippen molar-refractivity contribution in [3.8, 4) is 0 Å². The molecule has 0 radical (unpaired) electrons. The Morgan fingerprint density at radius 3 is 2.37 bits per heavy atom. The molecule has 19 heavy (non-hydrogen) atoms. The number of hydrogen-bond donors (Lipinski definition) is 2. The van der Waals surface area contributed by atoms with Crippen molar-refractivity contribution in [2.24, 2.45) is 0 Å². The van der Waals surface area contributed by atoms with E-state index in [0.717, 1.165) is 5.56 Å². The third-order valence-corrected chi connectivity index (χ3v) is 3.59.